The van der Waals surface area contributed by atoms with E-state index < -0.39 is 16.8 Å². The molecule has 0 aliphatic rings. The van der Waals surface area contributed by atoms with Gasteiger partial charge in [0.05, 0.1) is 10.8 Å². The van der Waals surface area contributed by atoms with Gasteiger partial charge in [-0.25, -0.2) is 4.98 Å². The number of benzene rings is 1. The first kappa shape index (κ1) is 12.9. The maximum absolute atomic E-state index is 11.2. The van der Waals surface area contributed by atoms with Gasteiger partial charge in [0.15, 0.2) is 0 Å². The maximum Gasteiger partial charge on any atom is 0.310 e. The number of nitro groups is 1. The van der Waals surface area contributed by atoms with Crippen LogP contribution < -0.4 is 0 Å². The summed E-state index contributed by atoms with van der Waals surface area (Å²) in [5.41, 5.74) is 0.674. The van der Waals surface area contributed by atoms with Crippen LogP contribution in [0.2, 0.25) is 0 Å². The summed E-state index contributed by atoms with van der Waals surface area (Å²) >= 11 is 0. The molecule has 1 aromatic carbocycles. The molecule has 1 aromatic heterocycles. The number of nitrogens with zero attached hydrogens (tertiary/aromatic N) is 2. The van der Waals surface area contributed by atoms with Crippen molar-refractivity contribution in [2.45, 2.75) is 19.3 Å². The van der Waals surface area contributed by atoms with Crippen molar-refractivity contribution in [1.29, 1.82) is 0 Å². The number of carbonyl (C=O) groups is 1. The fourth-order valence-electron chi connectivity index (χ4n) is 2.16. The molecule has 0 saturated heterocycles. The zero-order chi connectivity index (χ0) is 14.0. The first-order valence-corrected chi connectivity index (χ1v) is 5.81. The van der Waals surface area contributed by atoms with Crippen molar-refractivity contribution < 1.29 is 14.8 Å². The molecule has 0 bridgehead atoms. The zero-order valence-corrected chi connectivity index (χ0v) is 10.2. The molecule has 1 atom stereocenters. The molecule has 98 valence electrons. The molecule has 1 N–H and O–H groups in total. The Hall–Kier alpha value is -2.50. The smallest absolute Gasteiger partial charge is 0.310 e. The van der Waals surface area contributed by atoms with Gasteiger partial charge in [-0.05, 0) is 18.1 Å². The van der Waals surface area contributed by atoms with Gasteiger partial charge in [-0.15, -0.1) is 0 Å². The molecule has 0 aliphatic carbocycles. The molecule has 6 nitrogen and oxygen atoms in total. The van der Waals surface area contributed by atoms with Crippen LogP contribution in [0.5, 0.6) is 0 Å². The van der Waals surface area contributed by atoms with Crippen molar-refractivity contribution in [2.24, 2.45) is 0 Å². The van der Waals surface area contributed by atoms with E-state index in [9.17, 15) is 20.0 Å². The van der Waals surface area contributed by atoms with Gasteiger partial charge in [-0.2, -0.15) is 0 Å². The average molecular weight is 260 g/mol. The van der Waals surface area contributed by atoms with E-state index in [-0.39, 0.29) is 11.2 Å². The van der Waals surface area contributed by atoms with E-state index in [0.29, 0.717) is 17.4 Å². The monoisotopic (exact) mass is 260 g/mol. The van der Waals surface area contributed by atoms with Crippen LogP contribution in [0, 0.1) is 10.1 Å². The number of rotatable bonds is 4. The SMILES string of the molecule is CCC(C(=O)O)c1ccnc2c([N+](=O)[O-])cccc12. The highest BCUT2D eigenvalue weighted by molar-refractivity contribution is 5.93. The third-order valence-corrected chi connectivity index (χ3v) is 3.06. The van der Waals surface area contributed by atoms with Gasteiger partial charge >= 0.3 is 5.97 Å². The van der Waals surface area contributed by atoms with Crippen LogP contribution in [0.4, 0.5) is 5.69 Å². The Morgan fingerprint density at radius 2 is 2.21 bits per heavy atom. The summed E-state index contributed by atoms with van der Waals surface area (Å²) in [7, 11) is 0. The Morgan fingerprint density at radius 1 is 1.47 bits per heavy atom. The van der Waals surface area contributed by atoms with Crippen molar-refractivity contribution in [1.82, 2.24) is 4.98 Å². The minimum atomic E-state index is -0.943. The summed E-state index contributed by atoms with van der Waals surface area (Å²) in [4.78, 5) is 25.7. The Kier molecular flexibility index (Phi) is 3.41. The minimum Gasteiger partial charge on any atom is -0.481 e. The molecule has 0 amide bonds. The van der Waals surface area contributed by atoms with Gasteiger partial charge in [0, 0.05) is 17.6 Å². The highest BCUT2D eigenvalue weighted by atomic mass is 16.6. The van der Waals surface area contributed by atoms with Crippen molar-refractivity contribution in [2.75, 3.05) is 0 Å². The van der Waals surface area contributed by atoms with E-state index in [2.05, 4.69) is 4.98 Å². The lowest BCUT2D eigenvalue weighted by molar-refractivity contribution is -0.383. The lowest BCUT2D eigenvalue weighted by atomic mass is 9.93. The second-order valence-corrected chi connectivity index (χ2v) is 4.13. The number of aliphatic carboxylic acids is 1. The molecular weight excluding hydrogens is 248 g/mol. The predicted molar refractivity (Wildman–Crippen MR) is 69.1 cm³/mol. The molecule has 0 saturated carbocycles. The van der Waals surface area contributed by atoms with Gasteiger partial charge in [0.1, 0.15) is 5.52 Å². The van der Waals surface area contributed by atoms with Crippen molar-refractivity contribution in [3.63, 3.8) is 0 Å². The number of carboxylic acid groups (broad SMARTS) is 1. The Morgan fingerprint density at radius 3 is 2.79 bits per heavy atom. The summed E-state index contributed by atoms with van der Waals surface area (Å²) in [5.74, 6) is -1.63. The van der Waals surface area contributed by atoms with Crippen LogP contribution in [0.25, 0.3) is 10.9 Å². The third kappa shape index (κ3) is 2.24. The van der Waals surface area contributed by atoms with Gasteiger partial charge < -0.3 is 5.11 Å². The van der Waals surface area contributed by atoms with Gasteiger partial charge in [0.2, 0.25) is 0 Å². The molecule has 0 aliphatic heterocycles. The number of nitro benzene ring substituents is 1. The van der Waals surface area contributed by atoms with E-state index in [4.69, 9.17) is 0 Å². The molecule has 2 aromatic rings. The number of non-ortho nitro benzene ring substituents is 1. The molecule has 1 unspecified atom stereocenters. The van der Waals surface area contributed by atoms with Gasteiger partial charge in [-0.3, -0.25) is 14.9 Å². The summed E-state index contributed by atoms with van der Waals surface area (Å²) in [6.07, 6.45) is 1.83. The molecule has 0 fully saturated rings. The van der Waals surface area contributed by atoms with Crippen LogP contribution in [0.1, 0.15) is 24.8 Å². The van der Waals surface area contributed by atoms with Crippen LogP contribution in [-0.2, 0) is 4.79 Å². The third-order valence-electron chi connectivity index (χ3n) is 3.06. The number of para-hydroxylation sites is 1. The highest BCUT2D eigenvalue weighted by Crippen LogP contribution is 2.31. The van der Waals surface area contributed by atoms with Gasteiger partial charge in [0.25, 0.3) is 5.69 Å². The van der Waals surface area contributed by atoms with Crippen molar-refractivity contribution in [3.8, 4) is 0 Å². The number of pyridine rings is 1. The van der Waals surface area contributed by atoms with Crippen molar-refractivity contribution >= 4 is 22.6 Å². The lowest BCUT2D eigenvalue weighted by Gasteiger charge is -2.12. The van der Waals surface area contributed by atoms with Crippen LogP contribution in [0.3, 0.4) is 0 Å². The quantitative estimate of drug-likeness (QED) is 0.673. The molecule has 0 spiro atoms. The number of carboxylic acids is 1. The fraction of sp³-hybridized carbons (Fsp3) is 0.231. The molecule has 1 heterocycles. The topological polar surface area (TPSA) is 93.3 Å². The second kappa shape index (κ2) is 5.01. The molecule has 19 heavy (non-hydrogen) atoms. The van der Waals surface area contributed by atoms with E-state index in [0.717, 1.165) is 0 Å². The molecule has 2 rings (SSSR count). The Balaban J connectivity index is 2.74. The Labute approximate surface area is 108 Å². The zero-order valence-electron chi connectivity index (χ0n) is 10.2. The van der Waals surface area contributed by atoms with Crippen molar-refractivity contribution in [3.05, 3.63) is 46.1 Å². The number of fused-ring (bicyclic) bond motifs is 1. The first-order valence-electron chi connectivity index (χ1n) is 5.81. The standard InChI is InChI=1S/C13H12N2O4/c1-2-8(13(16)17)9-6-7-14-12-10(9)4-3-5-11(12)15(18)19/h3-8H,2H2,1H3,(H,16,17). The number of aromatic nitrogens is 1. The summed E-state index contributed by atoms with van der Waals surface area (Å²) in [6, 6.07) is 6.17. The van der Waals surface area contributed by atoms with Crippen LogP contribution >= 0.6 is 0 Å². The minimum absolute atomic E-state index is 0.111. The number of hydrogen-bond acceptors (Lipinski definition) is 4. The summed E-state index contributed by atoms with van der Waals surface area (Å²) in [6.45, 7) is 1.77. The molecular formula is C13H12N2O4. The summed E-state index contributed by atoms with van der Waals surface area (Å²) in [5, 5.41) is 20.7. The van der Waals surface area contributed by atoms with E-state index in [1.54, 1.807) is 25.1 Å². The lowest BCUT2D eigenvalue weighted by Crippen LogP contribution is -2.11. The highest BCUT2D eigenvalue weighted by Gasteiger charge is 2.22. The van der Waals surface area contributed by atoms with Crippen LogP contribution in [0.15, 0.2) is 30.5 Å². The molecule has 0 radical (unpaired) electrons. The normalized spacial score (nSPS) is 12.3. The fourth-order valence-corrected chi connectivity index (χ4v) is 2.16. The predicted octanol–water partition coefficient (Wildman–Crippen LogP) is 2.72. The molecule has 6 heteroatoms. The first-order chi connectivity index (χ1) is 9.06. The Bertz CT molecular complexity index is 654. The van der Waals surface area contributed by atoms with E-state index in [1.165, 1.54) is 12.3 Å². The average Bonchev–Trinajstić information content (AvgIpc) is 2.38. The second-order valence-electron chi connectivity index (χ2n) is 4.13. The van der Waals surface area contributed by atoms with Gasteiger partial charge in [-0.1, -0.05) is 19.1 Å². The van der Waals surface area contributed by atoms with Crippen LogP contribution in [-0.4, -0.2) is 21.0 Å². The largest absolute Gasteiger partial charge is 0.481 e. The summed E-state index contributed by atoms with van der Waals surface area (Å²) < 4.78 is 0. The van der Waals surface area contributed by atoms with E-state index >= 15 is 0 Å². The number of hydrogen-bond donors (Lipinski definition) is 1. The maximum atomic E-state index is 11.2. The van der Waals surface area contributed by atoms with E-state index in [1.807, 2.05) is 0 Å².